The Bertz CT molecular complexity index is 1000. The standard InChI is InChI=1S/C24H26F3IN2O2/c25-20-9-8-18(19(22(20)27)10-15-6-7-16(28)11-21(15)26)23(31)30-13-24(32,14-30)12-29-17-4-2-1-3-5-17/h6-9,11,17,29,32H,1-5,10,12-14H2. The summed E-state index contributed by atoms with van der Waals surface area (Å²) in [6.07, 6.45) is 5.54. The van der Waals surface area contributed by atoms with Crippen LogP contribution in [0.2, 0.25) is 0 Å². The SMILES string of the molecule is O=C(c1ccc(F)c(F)c1Cc1ccc(I)cc1F)N1CC(O)(CNC2CCCCC2)C1. The normalized spacial score (nSPS) is 18.5. The van der Waals surface area contributed by atoms with Gasteiger partial charge in [0.25, 0.3) is 5.91 Å². The molecule has 4 nitrogen and oxygen atoms in total. The van der Waals surface area contributed by atoms with Gasteiger partial charge in [0.05, 0.1) is 13.1 Å². The highest BCUT2D eigenvalue weighted by Gasteiger charge is 2.44. The Morgan fingerprint density at radius 1 is 1.09 bits per heavy atom. The molecule has 1 aliphatic heterocycles. The molecule has 2 aromatic carbocycles. The molecule has 2 aliphatic rings. The second-order valence-electron chi connectivity index (χ2n) is 8.90. The number of aliphatic hydroxyl groups is 1. The molecular formula is C24H26F3IN2O2. The van der Waals surface area contributed by atoms with Crippen molar-refractivity contribution >= 4 is 28.5 Å². The molecule has 1 saturated heterocycles. The van der Waals surface area contributed by atoms with Gasteiger partial charge >= 0.3 is 0 Å². The predicted molar refractivity (Wildman–Crippen MR) is 124 cm³/mol. The van der Waals surface area contributed by atoms with Crippen molar-refractivity contribution in [2.45, 2.75) is 50.2 Å². The molecule has 0 unspecified atom stereocenters. The van der Waals surface area contributed by atoms with Gasteiger partial charge in [-0.2, -0.15) is 0 Å². The zero-order valence-electron chi connectivity index (χ0n) is 17.6. The maximum atomic E-state index is 14.7. The van der Waals surface area contributed by atoms with Crippen LogP contribution in [0.1, 0.15) is 53.6 Å². The van der Waals surface area contributed by atoms with E-state index in [-0.39, 0.29) is 36.2 Å². The summed E-state index contributed by atoms with van der Waals surface area (Å²) in [5.41, 5.74) is -1.04. The van der Waals surface area contributed by atoms with Gasteiger partial charge in [0, 0.05) is 33.7 Å². The molecule has 2 N–H and O–H groups in total. The third-order valence-electron chi connectivity index (χ3n) is 6.39. The zero-order valence-corrected chi connectivity index (χ0v) is 19.8. The van der Waals surface area contributed by atoms with Crippen LogP contribution >= 0.6 is 22.6 Å². The van der Waals surface area contributed by atoms with Crippen molar-refractivity contribution in [3.05, 3.63) is 68.0 Å². The van der Waals surface area contributed by atoms with Gasteiger partial charge in [0.2, 0.25) is 0 Å². The summed E-state index contributed by atoms with van der Waals surface area (Å²) in [6.45, 7) is 0.615. The van der Waals surface area contributed by atoms with Crippen molar-refractivity contribution in [1.82, 2.24) is 10.2 Å². The van der Waals surface area contributed by atoms with E-state index in [2.05, 4.69) is 5.32 Å². The van der Waals surface area contributed by atoms with Crippen LogP contribution in [0.4, 0.5) is 13.2 Å². The lowest BCUT2D eigenvalue weighted by Gasteiger charge is -2.47. The van der Waals surface area contributed by atoms with E-state index in [9.17, 15) is 23.1 Å². The first-order valence-electron chi connectivity index (χ1n) is 10.9. The molecule has 0 atom stereocenters. The number of rotatable bonds is 6. The van der Waals surface area contributed by atoms with Gasteiger partial charge in [0.15, 0.2) is 11.6 Å². The van der Waals surface area contributed by atoms with E-state index in [0.717, 1.165) is 18.9 Å². The maximum absolute atomic E-state index is 14.7. The van der Waals surface area contributed by atoms with Crippen LogP contribution in [-0.4, -0.2) is 47.2 Å². The van der Waals surface area contributed by atoms with Gasteiger partial charge in [0.1, 0.15) is 11.4 Å². The largest absolute Gasteiger partial charge is 0.385 e. The fourth-order valence-corrected chi connectivity index (χ4v) is 5.01. The third-order valence-corrected chi connectivity index (χ3v) is 7.06. The Balaban J connectivity index is 1.46. The maximum Gasteiger partial charge on any atom is 0.254 e. The van der Waals surface area contributed by atoms with Crippen molar-refractivity contribution in [1.29, 1.82) is 0 Å². The summed E-state index contributed by atoms with van der Waals surface area (Å²) in [5.74, 6) is -3.26. The molecule has 0 radical (unpaired) electrons. The van der Waals surface area contributed by atoms with Crippen molar-refractivity contribution in [3.8, 4) is 0 Å². The van der Waals surface area contributed by atoms with Gasteiger partial charge in [-0.15, -0.1) is 0 Å². The molecule has 1 saturated carbocycles. The average Bonchev–Trinajstić information content (AvgIpc) is 2.75. The van der Waals surface area contributed by atoms with Crippen molar-refractivity contribution in [3.63, 3.8) is 0 Å². The number of nitrogens with zero attached hydrogens (tertiary/aromatic N) is 1. The van der Waals surface area contributed by atoms with E-state index in [1.807, 2.05) is 22.6 Å². The molecule has 1 heterocycles. The van der Waals surface area contributed by atoms with Crippen molar-refractivity contribution < 1.29 is 23.1 Å². The van der Waals surface area contributed by atoms with Crippen LogP contribution in [0.5, 0.6) is 0 Å². The number of halogens is 4. The van der Waals surface area contributed by atoms with E-state index < -0.39 is 29.0 Å². The number of β-amino-alcohol motifs (C(OH)–C–C–N with tert-alkyl or cyclic N) is 1. The molecule has 8 heteroatoms. The smallest absolute Gasteiger partial charge is 0.254 e. The molecule has 172 valence electrons. The molecule has 0 spiro atoms. The molecule has 1 aliphatic carbocycles. The Labute approximate surface area is 199 Å². The number of carbonyl (C=O) groups is 1. The number of benzene rings is 2. The summed E-state index contributed by atoms with van der Waals surface area (Å²) in [5, 5.41) is 14.1. The van der Waals surface area contributed by atoms with Crippen LogP contribution < -0.4 is 5.32 Å². The first-order valence-corrected chi connectivity index (χ1v) is 12.0. The highest BCUT2D eigenvalue weighted by molar-refractivity contribution is 14.1. The molecule has 0 aromatic heterocycles. The first-order chi connectivity index (χ1) is 15.3. The van der Waals surface area contributed by atoms with Crippen molar-refractivity contribution in [2.24, 2.45) is 0 Å². The van der Waals surface area contributed by atoms with Gasteiger partial charge in [-0.1, -0.05) is 25.3 Å². The van der Waals surface area contributed by atoms with Crippen LogP contribution in [0.25, 0.3) is 0 Å². The summed E-state index contributed by atoms with van der Waals surface area (Å²) in [6, 6.07) is 7.02. The lowest BCUT2D eigenvalue weighted by atomic mass is 9.90. The Morgan fingerprint density at radius 3 is 2.50 bits per heavy atom. The van der Waals surface area contributed by atoms with E-state index in [1.54, 1.807) is 6.07 Å². The minimum atomic E-state index is -1.15. The van der Waals surface area contributed by atoms with Gasteiger partial charge in [-0.3, -0.25) is 4.79 Å². The third kappa shape index (κ3) is 5.12. The minimum absolute atomic E-state index is 0.0101. The van der Waals surface area contributed by atoms with E-state index in [0.29, 0.717) is 16.2 Å². The first kappa shape index (κ1) is 23.5. The number of amides is 1. The lowest BCUT2D eigenvalue weighted by Crippen LogP contribution is -2.67. The van der Waals surface area contributed by atoms with Gasteiger partial charge < -0.3 is 15.3 Å². The van der Waals surface area contributed by atoms with Gasteiger partial charge in [-0.25, -0.2) is 13.2 Å². The minimum Gasteiger partial charge on any atom is -0.385 e. The fraction of sp³-hybridized carbons (Fsp3) is 0.458. The molecule has 0 bridgehead atoms. The summed E-state index contributed by atoms with van der Waals surface area (Å²) >= 11 is 1.96. The number of hydrogen-bond donors (Lipinski definition) is 2. The Hall–Kier alpha value is -1.65. The quantitative estimate of drug-likeness (QED) is 0.517. The van der Waals surface area contributed by atoms with E-state index in [4.69, 9.17) is 0 Å². The van der Waals surface area contributed by atoms with Crippen LogP contribution in [0.3, 0.4) is 0 Å². The van der Waals surface area contributed by atoms with Crippen LogP contribution in [-0.2, 0) is 6.42 Å². The molecule has 4 rings (SSSR count). The molecule has 1 amide bonds. The van der Waals surface area contributed by atoms with Crippen LogP contribution in [0.15, 0.2) is 30.3 Å². The molecule has 2 fully saturated rings. The van der Waals surface area contributed by atoms with E-state index >= 15 is 0 Å². The Morgan fingerprint density at radius 2 is 1.81 bits per heavy atom. The average molecular weight is 558 g/mol. The highest BCUT2D eigenvalue weighted by Crippen LogP contribution is 2.28. The van der Waals surface area contributed by atoms with Crippen molar-refractivity contribution in [2.75, 3.05) is 19.6 Å². The van der Waals surface area contributed by atoms with E-state index in [1.165, 1.54) is 42.4 Å². The summed E-state index contributed by atoms with van der Waals surface area (Å²) in [7, 11) is 0. The lowest BCUT2D eigenvalue weighted by molar-refractivity contribution is -0.0802. The second-order valence-corrected chi connectivity index (χ2v) is 10.1. The number of likely N-dealkylation sites (tertiary alicyclic amines) is 1. The second kappa shape index (κ2) is 9.69. The van der Waals surface area contributed by atoms with Crippen LogP contribution in [0, 0.1) is 21.0 Å². The molecular weight excluding hydrogens is 532 g/mol. The zero-order chi connectivity index (χ0) is 22.9. The summed E-state index contributed by atoms with van der Waals surface area (Å²) in [4.78, 5) is 14.5. The Kier molecular flexibility index (Phi) is 7.11. The monoisotopic (exact) mass is 558 g/mol. The number of hydrogen-bond acceptors (Lipinski definition) is 3. The van der Waals surface area contributed by atoms with Gasteiger partial charge in [-0.05, 0) is 65.3 Å². The highest BCUT2D eigenvalue weighted by atomic mass is 127. The molecule has 2 aromatic rings. The predicted octanol–water partition coefficient (Wildman–Crippen LogP) is 4.41. The summed E-state index contributed by atoms with van der Waals surface area (Å²) < 4.78 is 43.6. The molecule has 32 heavy (non-hydrogen) atoms. The number of nitrogens with one attached hydrogen (secondary N) is 1. The fourth-order valence-electron chi connectivity index (χ4n) is 4.55. The number of carbonyl (C=O) groups excluding carboxylic acids is 1. The topological polar surface area (TPSA) is 52.6 Å².